The van der Waals surface area contributed by atoms with Gasteiger partial charge in [-0.15, -0.1) is 0 Å². The summed E-state index contributed by atoms with van der Waals surface area (Å²) in [6.07, 6.45) is 1.84. The predicted octanol–water partition coefficient (Wildman–Crippen LogP) is 3.38. The SMILES string of the molecule is CCOc1ccc(Br)cc1/C=C1/SC(=NC)N(C)C1=O. The number of hydrogen-bond acceptors (Lipinski definition) is 4. The van der Waals surface area contributed by atoms with Crippen molar-refractivity contribution in [3.63, 3.8) is 0 Å². The zero-order chi connectivity index (χ0) is 14.7. The summed E-state index contributed by atoms with van der Waals surface area (Å²) in [4.78, 5) is 18.4. The van der Waals surface area contributed by atoms with Crippen molar-refractivity contribution in [3.8, 4) is 5.75 Å². The van der Waals surface area contributed by atoms with Crippen LogP contribution < -0.4 is 4.74 Å². The highest BCUT2D eigenvalue weighted by molar-refractivity contribution is 9.10. The topological polar surface area (TPSA) is 41.9 Å². The molecule has 0 atom stereocenters. The molecule has 20 heavy (non-hydrogen) atoms. The van der Waals surface area contributed by atoms with Gasteiger partial charge in [-0.1, -0.05) is 15.9 Å². The Bertz CT molecular complexity index is 599. The minimum atomic E-state index is -0.0435. The number of nitrogens with zero attached hydrogens (tertiary/aromatic N) is 2. The standard InChI is InChI=1S/C14H15BrN2O2S/c1-4-19-11-6-5-10(15)7-9(11)8-12-13(18)17(3)14(16-2)20-12/h5-8H,4H2,1-3H3/b12-8+,16-14?. The van der Waals surface area contributed by atoms with E-state index in [0.29, 0.717) is 16.7 Å². The first kappa shape index (κ1) is 15.1. The molecule has 2 rings (SSSR count). The van der Waals surface area contributed by atoms with Crippen LogP contribution in [0.25, 0.3) is 6.08 Å². The number of halogens is 1. The van der Waals surface area contributed by atoms with Gasteiger partial charge in [-0.25, -0.2) is 0 Å². The molecule has 1 aromatic rings. The van der Waals surface area contributed by atoms with Crippen LogP contribution in [0.3, 0.4) is 0 Å². The van der Waals surface area contributed by atoms with Crippen LogP contribution in [0.2, 0.25) is 0 Å². The third kappa shape index (κ3) is 3.07. The van der Waals surface area contributed by atoms with Crippen molar-refractivity contribution in [2.45, 2.75) is 6.92 Å². The van der Waals surface area contributed by atoms with Gasteiger partial charge < -0.3 is 4.74 Å². The maximum atomic E-state index is 12.1. The molecule has 0 N–H and O–H groups in total. The van der Waals surface area contributed by atoms with Crippen LogP contribution in [0.5, 0.6) is 5.75 Å². The largest absolute Gasteiger partial charge is 0.493 e. The molecule has 4 nitrogen and oxygen atoms in total. The maximum absolute atomic E-state index is 12.1. The van der Waals surface area contributed by atoms with E-state index in [4.69, 9.17) is 4.74 Å². The van der Waals surface area contributed by atoms with Crippen molar-refractivity contribution in [3.05, 3.63) is 33.1 Å². The molecule has 1 amide bonds. The Labute approximate surface area is 131 Å². The molecule has 0 unspecified atom stereocenters. The summed E-state index contributed by atoms with van der Waals surface area (Å²) in [6, 6.07) is 5.75. The number of carbonyl (C=O) groups excluding carboxylic acids is 1. The molecule has 106 valence electrons. The number of thioether (sulfide) groups is 1. The highest BCUT2D eigenvalue weighted by Gasteiger charge is 2.29. The van der Waals surface area contributed by atoms with Gasteiger partial charge in [-0.2, -0.15) is 0 Å². The van der Waals surface area contributed by atoms with Gasteiger partial charge in [0.1, 0.15) is 5.75 Å². The molecule has 1 aromatic carbocycles. The molecule has 0 saturated carbocycles. The van der Waals surface area contributed by atoms with Gasteiger partial charge in [0.15, 0.2) is 5.17 Å². The molecule has 6 heteroatoms. The Morgan fingerprint density at radius 3 is 2.85 bits per heavy atom. The molecule has 1 heterocycles. The number of benzene rings is 1. The van der Waals surface area contributed by atoms with Gasteiger partial charge in [0, 0.05) is 24.1 Å². The van der Waals surface area contributed by atoms with E-state index in [9.17, 15) is 4.79 Å². The van der Waals surface area contributed by atoms with Crippen molar-refractivity contribution >= 4 is 44.8 Å². The summed E-state index contributed by atoms with van der Waals surface area (Å²) in [6.45, 7) is 2.52. The Hall–Kier alpha value is -1.27. The van der Waals surface area contributed by atoms with Gasteiger partial charge in [-0.05, 0) is 43.0 Å². The molecule has 0 aliphatic carbocycles. The first-order valence-corrected chi connectivity index (χ1v) is 7.74. The summed E-state index contributed by atoms with van der Waals surface area (Å²) in [5.74, 6) is 0.721. The number of amides is 1. The Morgan fingerprint density at radius 1 is 1.50 bits per heavy atom. The highest BCUT2D eigenvalue weighted by atomic mass is 79.9. The van der Waals surface area contributed by atoms with Crippen LogP contribution in [0.15, 0.2) is 32.6 Å². The third-order valence-electron chi connectivity index (χ3n) is 2.75. The molecule has 0 radical (unpaired) electrons. The zero-order valence-electron chi connectivity index (χ0n) is 11.5. The van der Waals surface area contributed by atoms with E-state index in [1.165, 1.54) is 11.8 Å². The fraction of sp³-hybridized carbons (Fsp3) is 0.286. The summed E-state index contributed by atoms with van der Waals surface area (Å²) >= 11 is 4.81. The van der Waals surface area contributed by atoms with E-state index in [1.54, 1.807) is 19.0 Å². The third-order valence-corrected chi connectivity index (χ3v) is 4.40. The summed E-state index contributed by atoms with van der Waals surface area (Å²) < 4.78 is 6.53. The number of hydrogen-bond donors (Lipinski definition) is 0. The second kappa shape index (κ2) is 6.45. The van der Waals surface area contributed by atoms with Crippen LogP contribution in [0, 0.1) is 0 Å². The first-order valence-electron chi connectivity index (χ1n) is 6.13. The fourth-order valence-corrected chi connectivity index (χ4v) is 3.11. The number of aliphatic imine (C=N–C) groups is 1. The second-order valence-corrected chi connectivity index (χ2v) is 6.02. The van der Waals surface area contributed by atoms with E-state index in [2.05, 4.69) is 20.9 Å². The molecule has 1 aliphatic rings. The van der Waals surface area contributed by atoms with Gasteiger partial charge in [0.05, 0.1) is 11.5 Å². The minimum absolute atomic E-state index is 0.0435. The van der Waals surface area contributed by atoms with Crippen LogP contribution in [0.1, 0.15) is 12.5 Å². The van der Waals surface area contributed by atoms with Gasteiger partial charge >= 0.3 is 0 Å². The lowest BCUT2D eigenvalue weighted by molar-refractivity contribution is -0.121. The van der Waals surface area contributed by atoms with E-state index in [-0.39, 0.29) is 5.91 Å². The van der Waals surface area contributed by atoms with E-state index >= 15 is 0 Å². The summed E-state index contributed by atoms with van der Waals surface area (Å²) in [5.41, 5.74) is 0.878. The van der Waals surface area contributed by atoms with Gasteiger partial charge in [0.2, 0.25) is 0 Å². The van der Waals surface area contributed by atoms with Crippen molar-refractivity contribution in [2.24, 2.45) is 4.99 Å². The highest BCUT2D eigenvalue weighted by Crippen LogP contribution is 2.34. The first-order chi connectivity index (χ1) is 9.56. The average molecular weight is 355 g/mol. The van der Waals surface area contributed by atoms with Crippen LogP contribution >= 0.6 is 27.7 Å². The van der Waals surface area contributed by atoms with Crippen LogP contribution in [0.4, 0.5) is 0 Å². The maximum Gasteiger partial charge on any atom is 0.266 e. The lowest BCUT2D eigenvalue weighted by Crippen LogP contribution is -2.23. The molecule has 1 fully saturated rings. The number of rotatable bonds is 3. The van der Waals surface area contributed by atoms with E-state index in [0.717, 1.165) is 15.8 Å². The zero-order valence-corrected chi connectivity index (χ0v) is 13.9. The van der Waals surface area contributed by atoms with Crippen LogP contribution in [-0.4, -0.2) is 36.7 Å². The smallest absolute Gasteiger partial charge is 0.266 e. The quantitative estimate of drug-likeness (QED) is 0.781. The van der Waals surface area contributed by atoms with Gasteiger partial charge in [-0.3, -0.25) is 14.7 Å². The van der Waals surface area contributed by atoms with E-state index in [1.807, 2.05) is 31.2 Å². The molecule has 0 bridgehead atoms. The number of ether oxygens (including phenoxy) is 1. The number of likely N-dealkylation sites (N-methyl/N-ethyl adjacent to an activating group) is 1. The number of carbonyl (C=O) groups is 1. The molecule has 0 aromatic heterocycles. The summed E-state index contributed by atoms with van der Waals surface area (Å²) in [5, 5.41) is 0.703. The van der Waals surface area contributed by atoms with Crippen molar-refractivity contribution in [2.75, 3.05) is 20.7 Å². The lowest BCUT2D eigenvalue weighted by atomic mass is 10.2. The molecule has 0 spiro atoms. The Balaban J connectivity index is 2.40. The number of amidine groups is 1. The summed E-state index contributed by atoms with van der Waals surface area (Å²) in [7, 11) is 3.41. The minimum Gasteiger partial charge on any atom is -0.493 e. The lowest BCUT2D eigenvalue weighted by Gasteiger charge is -2.08. The Kier molecular flexibility index (Phi) is 4.88. The second-order valence-electron chi connectivity index (χ2n) is 4.10. The van der Waals surface area contributed by atoms with Gasteiger partial charge in [0.25, 0.3) is 5.91 Å². The normalized spacial score (nSPS) is 19.2. The molecular weight excluding hydrogens is 340 g/mol. The van der Waals surface area contributed by atoms with Crippen LogP contribution in [-0.2, 0) is 4.79 Å². The molecule has 1 saturated heterocycles. The molecular formula is C14H15BrN2O2S. The Morgan fingerprint density at radius 2 is 2.25 bits per heavy atom. The van der Waals surface area contributed by atoms with Crippen molar-refractivity contribution in [1.82, 2.24) is 4.90 Å². The van der Waals surface area contributed by atoms with Crippen molar-refractivity contribution < 1.29 is 9.53 Å². The monoisotopic (exact) mass is 354 g/mol. The van der Waals surface area contributed by atoms with E-state index < -0.39 is 0 Å². The van der Waals surface area contributed by atoms with Crippen molar-refractivity contribution in [1.29, 1.82) is 0 Å². The molecule has 1 aliphatic heterocycles. The fourth-order valence-electron chi connectivity index (χ4n) is 1.81. The predicted molar refractivity (Wildman–Crippen MR) is 87.0 cm³/mol. The average Bonchev–Trinajstić information content (AvgIpc) is 2.70.